The molecule has 1 saturated heterocycles. The number of nitrogens with one attached hydrogen (secondary N) is 2. The van der Waals surface area contributed by atoms with Gasteiger partial charge in [0.25, 0.3) is 0 Å². The standard InChI is InChI=1S/C19H26ClFN4.HI/c1-11-8-12(10-25(11)13-6-7-13)23-19(22-2)24-17-9-14(17)18-15(20)4-3-5-16(18)21;/h3-5,11-14,17H,6-10H2,1-2H3,(H2,22,23,24);1H. The molecule has 26 heavy (non-hydrogen) atoms. The minimum Gasteiger partial charge on any atom is -0.353 e. The maximum absolute atomic E-state index is 14.1. The first kappa shape index (κ1) is 20.1. The minimum absolute atomic E-state index is 0. The number of benzene rings is 1. The van der Waals surface area contributed by atoms with E-state index in [1.165, 1.54) is 18.9 Å². The molecular weight excluding hydrogens is 466 g/mol. The number of likely N-dealkylation sites (tertiary alicyclic amines) is 1. The van der Waals surface area contributed by atoms with Gasteiger partial charge in [0.2, 0.25) is 0 Å². The van der Waals surface area contributed by atoms with Crippen molar-refractivity contribution in [3.63, 3.8) is 0 Å². The van der Waals surface area contributed by atoms with E-state index < -0.39 is 0 Å². The van der Waals surface area contributed by atoms with E-state index in [9.17, 15) is 4.39 Å². The van der Waals surface area contributed by atoms with Crippen molar-refractivity contribution in [2.24, 2.45) is 4.99 Å². The lowest BCUT2D eigenvalue weighted by Crippen LogP contribution is -2.45. The van der Waals surface area contributed by atoms with Crippen LogP contribution in [-0.4, -0.2) is 48.6 Å². The molecule has 1 heterocycles. The van der Waals surface area contributed by atoms with Crippen molar-refractivity contribution in [1.29, 1.82) is 0 Å². The summed E-state index contributed by atoms with van der Waals surface area (Å²) in [5.41, 5.74) is 0.631. The predicted molar refractivity (Wildman–Crippen MR) is 115 cm³/mol. The van der Waals surface area contributed by atoms with Crippen molar-refractivity contribution in [2.75, 3.05) is 13.6 Å². The number of rotatable bonds is 4. The van der Waals surface area contributed by atoms with Crippen LogP contribution in [0.3, 0.4) is 0 Å². The molecule has 2 N–H and O–H groups in total. The highest BCUT2D eigenvalue weighted by Gasteiger charge is 2.43. The van der Waals surface area contributed by atoms with Crippen molar-refractivity contribution in [3.8, 4) is 0 Å². The number of hydrogen-bond acceptors (Lipinski definition) is 2. The number of guanidine groups is 1. The van der Waals surface area contributed by atoms with Gasteiger partial charge in [0.05, 0.1) is 0 Å². The van der Waals surface area contributed by atoms with Crippen LogP contribution >= 0.6 is 35.6 Å². The zero-order valence-electron chi connectivity index (χ0n) is 15.2. The van der Waals surface area contributed by atoms with E-state index in [0.29, 0.717) is 22.7 Å². The minimum atomic E-state index is -0.213. The van der Waals surface area contributed by atoms with E-state index in [0.717, 1.165) is 31.4 Å². The summed E-state index contributed by atoms with van der Waals surface area (Å²) in [6, 6.07) is 6.95. The van der Waals surface area contributed by atoms with E-state index in [1.54, 1.807) is 19.2 Å². The number of nitrogens with zero attached hydrogens (tertiary/aromatic N) is 2. The van der Waals surface area contributed by atoms with Crippen molar-refractivity contribution < 1.29 is 4.39 Å². The Balaban J connectivity index is 0.00000196. The van der Waals surface area contributed by atoms with Crippen LogP contribution in [0.1, 0.15) is 44.1 Å². The lowest BCUT2D eigenvalue weighted by Gasteiger charge is -2.20. The second kappa shape index (κ2) is 8.19. The van der Waals surface area contributed by atoms with Gasteiger partial charge in [-0.05, 0) is 44.7 Å². The molecule has 1 aromatic carbocycles. The van der Waals surface area contributed by atoms with Crippen LogP contribution in [0.25, 0.3) is 0 Å². The first-order chi connectivity index (χ1) is 12.1. The van der Waals surface area contributed by atoms with E-state index in [2.05, 4.69) is 27.4 Å². The molecule has 4 atom stereocenters. The van der Waals surface area contributed by atoms with Crippen LogP contribution in [0.15, 0.2) is 23.2 Å². The van der Waals surface area contributed by atoms with Crippen LogP contribution < -0.4 is 10.6 Å². The molecule has 3 fully saturated rings. The topological polar surface area (TPSA) is 39.7 Å². The first-order valence-corrected chi connectivity index (χ1v) is 9.64. The Labute approximate surface area is 177 Å². The fraction of sp³-hybridized carbons (Fsp3) is 0.632. The molecule has 1 aliphatic heterocycles. The van der Waals surface area contributed by atoms with Gasteiger partial charge in [-0.15, -0.1) is 24.0 Å². The van der Waals surface area contributed by atoms with Gasteiger partial charge in [-0.25, -0.2) is 4.39 Å². The Bertz CT molecular complexity index is 661. The van der Waals surface area contributed by atoms with Crippen LogP contribution in [0, 0.1) is 5.82 Å². The van der Waals surface area contributed by atoms with Crippen LogP contribution in [0.2, 0.25) is 5.02 Å². The van der Waals surface area contributed by atoms with Crippen LogP contribution in [0.5, 0.6) is 0 Å². The molecule has 4 unspecified atom stereocenters. The SMILES string of the molecule is CN=C(NC1CC(C)N(C2CC2)C1)NC1CC1c1c(F)cccc1Cl.I. The summed E-state index contributed by atoms with van der Waals surface area (Å²) in [5, 5.41) is 7.51. The average Bonchev–Trinajstić information content (AvgIpc) is 3.48. The van der Waals surface area contributed by atoms with Crippen LogP contribution in [0.4, 0.5) is 4.39 Å². The van der Waals surface area contributed by atoms with Gasteiger partial charge in [-0.3, -0.25) is 9.89 Å². The van der Waals surface area contributed by atoms with Gasteiger partial charge in [0.15, 0.2) is 5.96 Å². The molecule has 2 aliphatic carbocycles. The third-order valence-electron chi connectivity index (χ3n) is 5.69. The summed E-state index contributed by atoms with van der Waals surface area (Å²) >= 11 is 6.19. The van der Waals surface area contributed by atoms with Gasteiger partial charge < -0.3 is 10.6 Å². The number of aliphatic imine (C=N–C) groups is 1. The largest absolute Gasteiger partial charge is 0.353 e. The fourth-order valence-corrected chi connectivity index (χ4v) is 4.46. The van der Waals surface area contributed by atoms with Crippen molar-refractivity contribution in [3.05, 3.63) is 34.6 Å². The number of hydrogen-bond donors (Lipinski definition) is 2. The summed E-state index contributed by atoms with van der Waals surface area (Å²) in [6.07, 6.45) is 4.72. The van der Waals surface area contributed by atoms with Gasteiger partial charge >= 0.3 is 0 Å². The van der Waals surface area contributed by atoms with Gasteiger partial charge in [-0.1, -0.05) is 17.7 Å². The zero-order valence-corrected chi connectivity index (χ0v) is 18.3. The van der Waals surface area contributed by atoms with Gasteiger partial charge in [-0.2, -0.15) is 0 Å². The van der Waals surface area contributed by atoms with Crippen LogP contribution in [-0.2, 0) is 0 Å². The molecule has 0 radical (unpaired) electrons. The maximum atomic E-state index is 14.1. The molecule has 4 nitrogen and oxygen atoms in total. The summed E-state index contributed by atoms with van der Waals surface area (Å²) in [6.45, 7) is 3.40. The Morgan fingerprint density at radius 3 is 2.69 bits per heavy atom. The Morgan fingerprint density at radius 2 is 2.04 bits per heavy atom. The third kappa shape index (κ3) is 4.28. The average molecular weight is 493 g/mol. The Kier molecular flexibility index (Phi) is 6.34. The number of halogens is 3. The third-order valence-corrected chi connectivity index (χ3v) is 6.02. The molecule has 4 rings (SSSR count). The summed E-state index contributed by atoms with van der Waals surface area (Å²) in [7, 11) is 1.79. The lowest BCUT2D eigenvalue weighted by molar-refractivity contribution is 0.256. The van der Waals surface area contributed by atoms with Crippen molar-refractivity contribution in [1.82, 2.24) is 15.5 Å². The molecule has 3 aliphatic rings. The lowest BCUT2D eigenvalue weighted by atomic mass is 10.1. The van der Waals surface area contributed by atoms with Crippen molar-refractivity contribution in [2.45, 2.75) is 62.7 Å². The monoisotopic (exact) mass is 492 g/mol. The maximum Gasteiger partial charge on any atom is 0.191 e. The predicted octanol–water partition coefficient (Wildman–Crippen LogP) is 3.74. The Hall–Kier alpha value is -0.600. The quantitative estimate of drug-likeness (QED) is 0.382. The molecule has 0 aromatic heterocycles. The highest BCUT2D eigenvalue weighted by atomic mass is 127. The highest BCUT2D eigenvalue weighted by molar-refractivity contribution is 14.0. The molecule has 0 spiro atoms. The highest BCUT2D eigenvalue weighted by Crippen LogP contribution is 2.44. The summed E-state index contributed by atoms with van der Waals surface area (Å²) < 4.78 is 14.1. The summed E-state index contributed by atoms with van der Waals surface area (Å²) in [4.78, 5) is 6.98. The molecule has 7 heteroatoms. The van der Waals surface area contributed by atoms with E-state index in [-0.39, 0.29) is 41.8 Å². The van der Waals surface area contributed by atoms with E-state index in [1.807, 2.05) is 0 Å². The smallest absolute Gasteiger partial charge is 0.191 e. The second-order valence-electron chi connectivity index (χ2n) is 7.65. The fourth-order valence-electron chi connectivity index (χ4n) is 4.15. The summed E-state index contributed by atoms with van der Waals surface area (Å²) in [5.74, 6) is 0.724. The Morgan fingerprint density at radius 1 is 1.27 bits per heavy atom. The van der Waals surface area contributed by atoms with Crippen molar-refractivity contribution >= 4 is 41.5 Å². The molecule has 0 amide bonds. The van der Waals surface area contributed by atoms with Gasteiger partial charge in [0.1, 0.15) is 5.82 Å². The first-order valence-electron chi connectivity index (χ1n) is 9.26. The zero-order chi connectivity index (χ0) is 17.6. The molecule has 1 aromatic rings. The molecule has 2 saturated carbocycles. The molecular formula is C19H27ClFIN4. The van der Waals surface area contributed by atoms with E-state index in [4.69, 9.17) is 11.6 Å². The second-order valence-corrected chi connectivity index (χ2v) is 8.06. The van der Waals surface area contributed by atoms with E-state index >= 15 is 0 Å². The molecule has 144 valence electrons. The normalized spacial score (nSPS) is 31.5. The molecule has 0 bridgehead atoms. The van der Waals surface area contributed by atoms with Gasteiger partial charge in [0, 0.05) is 54.3 Å².